The summed E-state index contributed by atoms with van der Waals surface area (Å²) >= 11 is 0. The summed E-state index contributed by atoms with van der Waals surface area (Å²) in [6.45, 7) is 4.23. The van der Waals surface area contributed by atoms with Crippen LogP contribution >= 0.6 is 0 Å². The van der Waals surface area contributed by atoms with Crippen LogP contribution in [0.15, 0.2) is 29.2 Å². The Morgan fingerprint density at radius 1 is 1.30 bits per heavy atom. The fourth-order valence-electron chi connectivity index (χ4n) is 2.05. The van der Waals surface area contributed by atoms with E-state index < -0.39 is 10.0 Å². The molecule has 0 saturated carbocycles. The molecule has 0 bridgehead atoms. The predicted octanol–water partition coefficient (Wildman–Crippen LogP) is 1.81. The Balaban J connectivity index is 3.15. The van der Waals surface area contributed by atoms with Crippen molar-refractivity contribution in [3.8, 4) is 11.8 Å². The molecule has 0 spiro atoms. The lowest BCUT2D eigenvalue weighted by atomic mass is 10.2. The molecule has 5 heteroatoms. The molecule has 0 atom stereocenters. The van der Waals surface area contributed by atoms with Crippen molar-refractivity contribution in [2.75, 3.05) is 13.6 Å². The average molecular weight is 294 g/mol. The van der Waals surface area contributed by atoms with Crippen LogP contribution in [-0.4, -0.2) is 32.4 Å². The van der Waals surface area contributed by atoms with Crippen LogP contribution in [0.25, 0.3) is 0 Å². The number of rotatable bonds is 5. The predicted molar refractivity (Wildman–Crippen MR) is 81.7 cm³/mol. The number of hydrogen-bond donors (Lipinski definition) is 1. The smallest absolute Gasteiger partial charge is 0.243 e. The van der Waals surface area contributed by atoms with Gasteiger partial charge >= 0.3 is 0 Å². The molecule has 1 aromatic carbocycles. The van der Waals surface area contributed by atoms with Gasteiger partial charge in [-0.2, -0.15) is 4.31 Å². The molecule has 4 nitrogen and oxygen atoms in total. The molecule has 0 unspecified atom stereocenters. The van der Waals surface area contributed by atoms with E-state index in [1.54, 1.807) is 31.3 Å². The van der Waals surface area contributed by atoms with Gasteiger partial charge in [0.05, 0.1) is 11.4 Å². The molecule has 110 valence electrons. The summed E-state index contributed by atoms with van der Waals surface area (Å²) in [5.41, 5.74) is 5.99. The van der Waals surface area contributed by atoms with Crippen LogP contribution in [0.1, 0.15) is 32.3 Å². The Morgan fingerprint density at radius 2 is 1.95 bits per heavy atom. The van der Waals surface area contributed by atoms with E-state index in [1.165, 1.54) is 4.31 Å². The Labute approximate surface area is 122 Å². The minimum absolute atomic E-state index is 0.0128. The van der Waals surface area contributed by atoms with Gasteiger partial charge in [0.25, 0.3) is 0 Å². The Morgan fingerprint density at radius 3 is 2.50 bits per heavy atom. The van der Waals surface area contributed by atoms with Crippen LogP contribution in [0.2, 0.25) is 0 Å². The molecule has 0 aliphatic heterocycles. The lowest BCUT2D eigenvalue weighted by Crippen LogP contribution is -2.36. The molecule has 0 aliphatic rings. The third kappa shape index (κ3) is 3.83. The van der Waals surface area contributed by atoms with Gasteiger partial charge in [-0.3, -0.25) is 0 Å². The highest BCUT2D eigenvalue weighted by Crippen LogP contribution is 2.20. The topological polar surface area (TPSA) is 63.4 Å². The fraction of sp³-hybridized carbons (Fsp3) is 0.467. The van der Waals surface area contributed by atoms with E-state index in [0.717, 1.165) is 12.8 Å². The van der Waals surface area contributed by atoms with Crippen molar-refractivity contribution in [2.45, 2.75) is 37.6 Å². The first-order valence-electron chi connectivity index (χ1n) is 6.74. The van der Waals surface area contributed by atoms with Crippen LogP contribution in [0.3, 0.4) is 0 Å². The molecular weight excluding hydrogens is 272 g/mol. The quantitative estimate of drug-likeness (QED) is 0.842. The summed E-state index contributed by atoms with van der Waals surface area (Å²) in [6.07, 6.45) is 1.58. The van der Waals surface area contributed by atoms with E-state index in [9.17, 15) is 8.42 Å². The monoisotopic (exact) mass is 294 g/mol. The minimum Gasteiger partial charge on any atom is -0.320 e. The Kier molecular flexibility index (Phi) is 6.21. The maximum absolute atomic E-state index is 12.6. The van der Waals surface area contributed by atoms with Crippen LogP contribution in [-0.2, 0) is 10.0 Å². The van der Waals surface area contributed by atoms with Crippen molar-refractivity contribution in [3.05, 3.63) is 29.8 Å². The van der Waals surface area contributed by atoms with Crippen LogP contribution in [0, 0.1) is 11.8 Å². The van der Waals surface area contributed by atoms with Gasteiger partial charge in [0, 0.05) is 18.7 Å². The molecule has 0 aromatic heterocycles. The summed E-state index contributed by atoms with van der Waals surface area (Å²) in [5.74, 6) is 5.58. The first-order chi connectivity index (χ1) is 9.47. The molecular formula is C15H22N2O2S. The molecule has 0 aliphatic carbocycles. The van der Waals surface area contributed by atoms with Gasteiger partial charge in [0.2, 0.25) is 10.0 Å². The second-order valence-electron chi connectivity index (χ2n) is 4.53. The maximum atomic E-state index is 12.6. The highest BCUT2D eigenvalue weighted by Gasteiger charge is 2.25. The van der Waals surface area contributed by atoms with Gasteiger partial charge < -0.3 is 5.73 Å². The van der Waals surface area contributed by atoms with Crippen LogP contribution < -0.4 is 5.73 Å². The van der Waals surface area contributed by atoms with Crippen molar-refractivity contribution in [1.82, 2.24) is 4.31 Å². The molecule has 2 N–H and O–H groups in total. The van der Waals surface area contributed by atoms with Crippen molar-refractivity contribution < 1.29 is 8.42 Å². The summed E-state index contributed by atoms with van der Waals surface area (Å²) in [5, 5.41) is 0. The summed E-state index contributed by atoms with van der Waals surface area (Å²) in [4.78, 5) is 0.274. The van der Waals surface area contributed by atoms with Crippen molar-refractivity contribution in [1.29, 1.82) is 0 Å². The van der Waals surface area contributed by atoms with Crippen molar-refractivity contribution >= 4 is 10.0 Å². The molecule has 0 heterocycles. The van der Waals surface area contributed by atoms with Gasteiger partial charge in [-0.25, -0.2) is 8.42 Å². The summed E-state index contributed by atoms with van der Waals surface area (Å²) < 4.78 is 26.6. The van der Waals surface area contributed by atoms with Gasteiger partial charge in [-0.15, -0.1) is 0 Å². The normalized spacial score (nSPS) is 11.5. The van der Waals surface area contributed by atoms with Gasteiger partial charge in [-0.05, 0) is 31.0 Å². The Bertz CT molecular complexity index is 596. The molecule has 1 aromatic rings. The molecule has 0 saturated heterocycles. The SMILES string of the molecule is CCC(CC)N(C)S(=O)(=O)c1cccc(C#CCN)c1. The second kappa shape index (κ2) is 7.44. The van der Waals surface area contributed by atoms with Crippen molar-refractivity contribution in [3.63, 3.8) is 0 Å². The highest BCUT2D eigenvalue weighted by molar-refractivity contribution is 7.89. The third-order valence-electron chi connectivity index (χ3n) is 3.30. The fourth-order valence-corrected chi connectivity index (χ4v) is 3.60. The van der Waals surface area contributed by atoms with Gasteiger partial charge in [0.1, 0.15) is 0 Å². The Hall–Kier alpha value is -1.35. The summed E-state index contributed by atoms with van der Waals surface area (Å²) in [6, 6.07) is 6.69. The maximum Gasteiger partial charge on any atom is 0.243 e. The molecule has 0 amide bonds. The van der Waals surface area contributed by atoms with E-state index in [1.807, 2.05) is 13.8 Å². The number of sulfonamides is 1. The zero-order chi connectivity index (χ0) is 15.2. The first-order valence-corrected chi connectivity index (χ1v) is 8.18. The highest BCUT2D eigenvalue weighted by atomic mass is 32.2. The largest absolute Gasteiger partial charge is 0.320 e. The van der Waals surface area contributed by atoms with Crippen LogP contribution in [0.4, 0.5) is 0 Å². The third-order valence-corrected chi connectivity index (χ3v) is 5.21. The lowest BCUT2D eigenvalue weighted by molar-refractivity contribution is 0.349. The zero-order valence-electron chi connectivity index (χ0n) is 12.3. The van der Waals surface area contributed by atoms with Crippen molar-refractivity contribution in [2.24, 2.45) is 5.73 Å². The number of hydrogen-bond acceptors (Lipinski definition) is 3. The lowest BCUT2D eigenvalue weighted by Gasteiger charge is -2.25. The number of benzene rings is 1. The molecule has 0 radical (unpaired) electrons. The molecule has 0 fully saturated rings. The average Bonchev–Trinajstić information content (AvgIpc) is 2.46. The summed E-state index contributed by atoms with van der Waals surface area (Å²) in [7, 11) is -1.85. The van der Waals surface area contributed by atoms with Gasteiger partial charge in [0.15, 0.2) is 0 Å². The number of nitrogens with two attached hydrogens (primary N) is 1. The zero-order valence-corrected chi connectivity index (χ0v) is 13.1. The van der Waals surface area contributed by atoms with Gasteiger partial charge in [-0.1, -0.05) is 31.8 Å². The van der Waals surface area contributed by atoms with E-state index in [-0.39, 0.29) is 17.5 Å². The second-order valence-corrected chi connectivity index (χ2v) is 6.52. The van der Waals surface area contributed by atoms with E-state index in [0.29, 0.717) is 5.56 Å². The van der Waals surface area contributed by atoms with E-state index in [4.69, 9.17) is 5.73 Å². The molecule has 20 heavy (non-hydrogen) atoms. The standard InChI is InChI=1S/C15H22N2O2S/c1-4-14(5-2)17(3)20(18,19)15-10-6-8-13(12-15)9-7-11-16/h6,8,10,12,14H,4-5,11,16H2,1-3H3. The minimum atomic E-state index is -3.48. The number of nitrogens with zero attached hydrogens (tertiary/aromatic N) is 1. The first kappa shape index (κ1) is 16.7. The van der Waals surface area contributed by atoms with E-state index >= 15 is 0 Å². The van der Waals surface area contributed by atoms with E-state index in [2.05, 4.69) is 11.8 Å². The molecule has 1 rings (SSSR count). The van der Waals surface area contributed by atoms with Crippen LogP contribution in [0.5, 0.6) is 0 Å².